The summed E-state index contributed by atoms with van der Waals surface area (Å²) in [6.07, 6.45) is 11.0. The molecule has 262 valence electrons. The highest BCUT2D eigenvalue weighted by atomic mass is 32.1. The molecule has 3 heteroatoms. The number of anilines is 3. The monoisotopic (exact) mass is 714 g/mol. The average molecular weight is 715 g/mol. The summed E-state index contributed by atoms with van der Waals surface area (Å²) < 4.78 is 2.63. The van der Waals surface area contributed by atoms with E-state index in [4.69, 9.17) is 0 Å². The van der Waals surface area contributed by atoms with Crippen LogP contribution in [-0.2, 0) is 11.8 Å². The van der Waals surface area contributed by atoms with Crippen molar-refractivity contribution >= 4 is 71.1 Å². The first-order valence-electron chi connectivity index (χ1n) is 19.1. The van der Waals surface area contributed by atoms with E-state index in [2.05, 4.69) is 189 Å². The minimum atomic E-state index is -0.0103. The summed E-state index contributed by atoms with van der Waals surface area (Å²) in [4.78, 5) is 6.37. The second-order valence-electron chi connectivity index (χ2n) is 15.3. The fraction of sp³-hybridized carbons (Fsp3) is 0.137. The molecule has 0 radical (unpaired) electrons. The first-order valence-corrected chi connectivity index (χ1v) is 19.9. The van der Waals surface area contributed by atoms with Crippen LogP contribution in [0.15, 0.2) is 151 Å². The van der Waals surface area contributed by atoms with Gasteiger partial charge in [0.1, 0.15) is 0 Å². The number of H-pyrrole nitrogens is 1. The van der Waals surface area contributed by atoms with Crippen LogP contribution in [0.4, 0.5) is 17.1 Å². The Kier molecular flexibility index (Phi) is 7.64. The summed E-state index contributed by atoms with van der Waals surface area (Å²) in [5.41, 5.74) is 17.8. The van der Waals surface area contributed by atoms with E-state index < -0.39 is 0 Å². The maximum absolute atomic E-state index is 3.88. The first-order chi connectivity index (χ1) is 26.4. The van der Waals surface area contributed by atoms with Crippen LogP contribution in [-0.4, -0.2) is 4.98 Å². The van der Waals surface area contributed by atoms with Gasteiger partial charge in [-0.3, -0.25) is 0 Å². The molecule has 54 heavy (non-hydrogen) atoms. The van der Waals surface area contributed by atoms with Gasteiger partial charge in [-0.25, -0.2) is 0 Å². The summed E-state index contributed by atoms with van der Waals surface area (Å²) >= 11 is 1.87. The lowest BCUT2D eigenvalue weighted by Gasteiger charge is -2.28. The zero-order chi connectivity index (χ0) is 36.6. The predicted molar refractivity (Wildman–Crippen MR) is 235 cm³/mol. The summed E-state index contributed by atoms with van der Waals surface area (Å²) in [7, 11) is 0. The Labute approximate surface area is 321 Å². The molecule has 0 spiro atoms. The fourth-order valence-corrected chi connectivity index (χ4v) is 10.0. The molecule has 1 N–H and O–H groups in total. The number of rotatable bonds is 6. The molecule has 0 saturated heterocycles. The van der Waals surface area contributed by atoms with Gasteiger partial charge in [0.25, 0.3) is 0 Å². The van der Waals surface area contributed by atoms with Crippen LogP contribution < -0.4 is 4.90 Å². The smallest absolute Gasteiger partial charge is 0.0562 e. The number of aryl methyl sites for hydroxylation is 1. The number of allylic oxidation sites excluding steroid dienone is 5. The number of hydrogen-bond donors (Lipinski definition) is 1. The minimum absolute atomic E-state index is 0.0103. The molecule has 2 heterocycles. The number of nitrogens with one attached hydrogen (secondary N) is 1. The van der Waals surface area contributed by atoms with Gasteiger partial charge in [0.15, 0.2) is 0 Å². The van der Waals surface area contributed by atoms with Gasteiger partial charge in [-0.2, -0.15) is 0 Å². The van der Waals surface area contributed by atoms with Crippen molar-refractivity contribution in [1.82, 2.24) is 4.98 Å². The molecule has 2 aliphatic carbocycles. The largest absolute Gasteiger partial charge is 0.354 e. The van der Waals surface area contributed by atoms with Crippen molar-refractivity contribution in [2.24, 2.45) is 0 Å². The number of aromatic amines is 1. The van der Waals surface area contributed by atoms with Crippen LogP contribution in [0.25, 0.3) is 65.0 Å². The highest BCUT2D eigenvalue weighted by molar-refractivity contribution is 7.25. The molecule has 2 nitrogen and oxygen atoms in total. The Morgan fingerprint density at radius 3 is 2.28 bits per heavy atom. The molecule has 2 aliphatic rings. The van der Waals surface area contributed by atoms with E-state index in [1.165, 1.54) is 92.5 Å². The van der Waals surface area contributed by atoms with Crippen molar-refractivity contribution in [2.45, 2.75) is 46.0 Å². The Morgan fingerprint density at radius 1 is 0.704 bits per heavy atom. The van der Waals surface area contributed by atoms with E-state index in [1.54, 1.807) is 0 Å². The third-order valence-electron chi connectivity index (χ3n) is 12.0. The van der Waals surface area contributed by atoms with Crippen LogP contribution >= 0.6 is 11.3 Å². The molecule has 0 bridgehead atoms. The lowest BCUT2D eigenvalue weighted by molar-refractivity contribution is 0.639. The summed E-state index contributed by atoms with van der Waals surface area (Å²) in [6.45, 7) is 9.11. The lowest BCUT2D eigenvalue weighted by Crippen LogP contribution is -2.15. The summed E-state index contributed by atoms with van der Waals surface area (Å²) in [6, 6.07) is 47.5. The first kappa shape index (κ1) is 32.7. The van der Waals surface area contributed by atoms with E-state index in [0.29, 0.717) is 0 Å². The van der Waals surface area contributed by atoms with Crippen LogP contribution in [0.3, 0.4) is 0 Å². The number of hydrogen-bond acceptors (Lipinski definition) is 2. The molecule has 0 saturated carbocycles. The lowest BCUT2D eigenvalue weighted by atomic mass is 9.81. The van der Waals surface area contributed by atoms with Crippen molar-refractivity contribution in [3.05, 3.63) is 174 Å². The van der Waals surface area contributed by atoms with Crippen molar-refractivity contribution in [3.63, 3.8) is 0 Å². The van der Waals surface area contributed by atoms with E-state index >= 15 is 0 Å². The predicted octanol–water partition coefficient (Wildman–Crippen LogP) is 14.9. The number of benzene rings is 6. The van der Waals surface area contributed by atoms with Crippen molar-refractivity contribution < 1.29 is 0 Å². The molecule has 0 atom stereocenters. The normalized spacial score (nSPS) is 14.8. The molecule has 10 rings (SSSR count). The Morgan fingerprint density at radius 2 is 1.44 bits per heavy atom. The standard InChI is InChI=1S/C51H42N2S/c1-5-13-38-32(2)51(3,4)44-30-35(22-26-40(38)44)33-20-23-36(24-21-33)53(37-25-29-48-43(31-37)41-16-10-12-19-47(41)54-48)46-28-27-39(34-14-7-6-8-15-34)50-49(46)42-17-9-11-18-45(42)52-50/h5-8,10-16,18-31,52H,9,17H2,1-4H3/b13-5-. The maximum atomic E-state index is 3.88. The molecular formula is C51H42N2S. The van der Waals surface area contributed by atoms with Crippen molar-refractivity contribution in [1.29, 1.82) is 0 Å². The van der Waals surface area contributed by atoms with Crippen LogP contribution in [0.1, 0.15) is 56.5 Å². The number of nitrogens with zero attached hydrogens (tertiary/aromatic N) is 1. The van der Waals surface area contributed by atoms with E-state index in [-0.39, 0.29) is 5.41 Å². The molecular weight excluding hydrogens is 673 g/mol. The topological polar surface area (TPSA) is 19.0 Å². The zero-order valence-electron chi connectivity index (χ0n) is 31.2. The molecule has 8 aromatic rings. The van der Waals surface area contributed by atoms with Gasteiger partial charge in [-0.1, -0.05) is 117 Å². The highest BCUT2D eigenvalue weighted by Gasteiger charge is 2.34. The van der Waals surface area contributed by atoms with Crippen molar-refractivity contribution in [3.8, 4) is 22.3 Å². The number of fused-ring (bicyclic) bond motifs is 7. The SMILES string of the molecule is C/C=C\C1=C(C)C(C)(C)c2cc(-c3ccc(N(c4ccc5sc6ccccc6c5c4)c4ccc(-c5ccccc5)c5[nH]c6c(c45)CCC=C6)cc3)ccc21. The van der Waals surface area contributed by atoms with Gasteiger partial charge >= 0.3 is 0 Å². The Hall–Kier alpha value is -5.90. The summed E-state index contributed by atoms with van der Waals surface area (Å²) in [5, 5.41) is 3.91. The number of thiophene rings is 1. The van der Waals surface area contributed by atoms with Gasteiger partial charge in [0.05, 0.1) is 11.2 Å². The molecule has 6 aromatic carbocycles. The number of aromatic nitrogens is 1. The van der Waals surface area contributed by atoms with Gasteiger partial charge in [-0.15, -0.1) is 11.3 Å². The molecule has 0 aliphatic heterocycles. The maximum Gasteiger partial charge on any atom is 0.0562 e. The average Bonchev–Trinajstić information content (AvgIpc) is 3.84. The quantitative estimate of drug-likeness (QED) is 0.182. The zero-order valence-corrected chi connectivity index (χ0v) is 32.0. The Bertz CT molecular complexity index is 2860. The fourth-order valence-electron chi connectivity index (χ4n) is 8.93. The van der Waals surface area contributed by atoms with Gasteiger partial charge < -0.3 is 9.88 Å². The van der Waals surface area contributed by atoms with Crippen LogP contribution in [0, 0.1) is 0 Å². The Balaban J connectivity index is 1.16. The molecule has 0 fully saturated rings. The highest BCUT2D eigenvalue weighted by Crippen LogP contribution is 2.49. The van der Waals surface area contributed by atoms with Crippen molar-refractivity contribution in [2.75, 3.05) is 4.90 Å². The minimum Gasteiger partial charge on any atom is -0.354 e. The second kappa shape index (κ2) is 12.6. The van der Waals surface area contributed by atoms with E-state index in [9.17, 15) is 0 Å². The van der Waals surface area contributed by atoms with Crippen LogP contribution in [0.2, 0.25) is 0 Å². The molecule has 0 unspecified atom stereocenters. The third kappa shape index (κ3) is 5.06. The summed E-state index contributed by atoms with van der Waals surface area (Å²) in [5.74, 6) is 0. The van der Waals surface area contributed by atoms with Gasteiger partial charge in [0, 0.05) is 53.6 Å². The van der Waals surface area contributed by atoms with E-state index in [1.807, 2.05) is 11.3 Å². The van der Waals surface area contributed by atoms with Gasteiger partial charge in [0.2, 0.25) is 0 Å². The third-order valence-corrected chi connectivity index (χ3v) is 13.1. The molecule has 2 aromatic heterocycles. The molecule has 0 amide bonds. The van der Waals surface area contributed by atoms with Gasteiger partial charge in [-0.05, 0) is 120 Å². The second-order valence-corrected chi connectivity index (χ2v) is 16.4. The van der Waals surface area contributed by atoms with E-state index in [0.717, 1.165) is 24.2 Å². The van der Waals surface area contributed by atoms with Crippen LogP contribution in [0.5, 0.6) is 0 Å².